The highest BCUT2D eigenvalue weighted by atomic mass is 15.2. The van der Waals surface area contributed by atoms with Crippen molar-refractivity contribution in [1.29, 1.82) is 0 Å². The first-order valence-electron chi connectivity index (χ1n) is 6.76. The summed E-state index contributed by atoms with van der Waals surface area (Å²) in [4.78, 5) is 4.81. The summed E-state index contributed by atoms with van der Waals surface area (Å²) < 4.78 is 0. The van der Waals surface area contributed by atoms with Crippen LogP contribution in [0.25, 0.3) is 0 Å². The van der Waals surface area contributed by atoms with E-state index >= 15 is 0 Å². The second-order valence-corrected chi connectivity index (χ2v) is 5.18. The highest BCUT2D eigenvalue weighted by Crippen LogP contribution is 2.26. The fourth-order valence-electron chi connectivity index (χ4n) is 2.83. The third kappa shape index (κ3) is 2.28. The molecule has 1 fully saturated rings. The van der Waals surface area contributed by atoms with E-state index in [4.69, 9.17) is 0 Å². The Hall–Kier alpha value is -1.32. The molecule has 96 valence electrons. The maximum Gasteiger partial charge on any atom is 0.0724 e. The van der Waals surface area contributed by atoms with Crippen LogP contribution in [0.5, 0.6) is 0 Å². The molecule has 1 saturated heterocycles. The molecule has 0 aromatic carbocycles. The van der Waals surface area contributed by atoms with Crippen molar-refractivity contribution in [2.24, 2.45) is 0 Å². The van der Waals surface area contributed by atoms with Crippen molar-refractivity contribution in [2.45, 2.75) is 6.04 Å². The van der Waals surface area contributed by atoms with E-state index in [-0.39, 0.29) is 0 Å². The van der Waals surface area contributed by atoms with Crippen molar-refractivity contribution in [3.8, 4) is 0 Å². The van der Waals surface area contributed by atoms with Crippen LogP contribution in [0.4, 0.5) is 0 Å². The summed E-state index contributed by atoms with van der Waals surface area (Å²) in [6.07, 6.45) is 13.3. The zero-order valence-corrected chi connectivity index (χ0v) is 11.0. The number of likely N-dealkylation sites (N-methyl/N-ethyl adjacent to an activating group) is 1. The predicted octanol–water partition coefficient (Wildman–Crippen LogP) is 1.14. The third-order valence-corrected chi connectivity index (χ3v) is 3.92. The minimum atomic E-state index is 0.429. The van der Waals surface area contributed by atoms with Crippen molar-refractivity contribution in [2.75, 3.05) is 39.8 Å². The van der Waals surface area contributed by atoms with Crippen LogP contribution in [0.2, 0.25) is 0 Å². The van der Waals surface area contributed by atoms with Gasteiger partial charge in [0.1, 0.15) is 0 Å². The highest BCUT2D eigenvalue weighted by molar-refractivity contribution is 5.46. The Labute approximate surface area is 109 Å². The van der Waals surface area contributed by atoms with Gasteiger partial charge in [-0.3, -0.25) is 4.90 Å². The van der Waals surface area contributed by atoms with E-state index in [1.54, 1.807) is 0 Å². The molecule has 0 radical (unpaired) electrons. The Morgan fingerprint density at radius 3 is 2.89 bits per heavy atom. The predicted molar refractivity (Wildman–Crippen MR) is 75.3 cm³/mol. The summed E-state index contributed by atoms with van der Waals surface area (Å²) >= 11 is 0. The molecule has 0 aromatic heterocycles. The van der Waals surface area contributed by atoms with Crippen LogP contribution in [0.3, 0.4) is 0 Å². The lowest BCUT2D eigenvalue weighted by atomic mass is 9.92. The molecule has 18 heavy (non-hydrogen) atoms. The second kappa shape index (κ2) is 5.12. The third-order valence-electron chi connectivity index (χ3n) is 3.92. The Morgan fingerprint density at radius 1 is 1.22 bits per heavy atom. The largest absolute Gasteiger partial charge is 0.370 e. The van der Waals surface area contributed by atoms with Crippen molar-refractivity contribution in [3.63, 3.8) is 0 Å². The molecule has 1 unspecified atom stereocenters. The fraction of sp³-hybridized carbons (Fsp3) is 0.467. The number of fused-ring (bicyclic) bond motifs is 1. The van der Waals surface area contributed by atoms with Gasteiger partial charge in [0, 0.05) is 39.8 Å². The van der Waals surface area contributed by atoms with Gasteiger partial charge < -0.3 is 10.2 Å². The SMILES string of the molecule is CN1C=CC(CN2CCNCC2)=C2C=CC=CC21. The van der Waals surface area contributed by atoms with Crippen molar-refractivity contribution in [1.82, 2.24) is 15.1 Å². The number of piperazine rings is 1. The van der Waals surface area contributed by atoms with Crippen molar-refractivity contribution < 1.29 is 0 Å². The second-order valence-electron chi connectivity index (χ2n) is 5.18. The van der Waals surface area contributed by atoms with Crippen molar-refractivity contribution in [3.05, 3.63) is 47.7 Å². The van der Waals surface area contributed by atoms with E-state index in [1.165, 1.54) is 11.1 Å². The average Bonchev–Trinajstić information content (AvgIpc) is 2.44. The smallest absolute Gasteiger partial charge is 0.0724 e. The van der Waals surface area contributed by atoms with E-state index in [0.717, 1.165) is 32.7 Å². The minimum absolute atomic E-state index is 0.429. The number of hydrogen-bond acceptors (Lipinski definition) is 3. The van der Waals surface area contributed by atoms with Crippen LogP contribution < -0.4 is 5.32 Å². The minimum Gasteiger partial charge on any atom is -0.370 e. The first-order valence-corrected chi connectivity index (χ1v) is 6.76. The molecule has 1 atom stereocenters. The molecule has 3 heteroatoms. The molecule has 0 aromatic rings. The van der Waals surface area contributed by atoms with Gasteiger partial charge in [0.25, 0.3) is 0 Å². The average molecular weight is 243 g/mol. The molecule has 2 aliphatic heterocycles. The van der Waals surface area contributed by atoms with E-state index in [2.05, 4.69) is 58.7 Å². The summed E-state index contributed by atoms with van der Waals surface area (Å²) in [5, 5.41) is 3.41. The molecule has 0 bridgehead atoms. The lowest BCUT2D eigenvalue weighted by Gasteiger charge is -2.34. The molecule has 1 N–H and O–H groups in total. The van der Waals surface area contributed by atoms with Crippen LogP contribution in [-0.2, 0) is 0 Å². The zero-order valence-electron chi connectivity index (χ0n) is 11.0. The number of nitrogens with zero attached hydrogens (tertiary/aromatic N) is 2. The van der Waals surface area contributed by atoms with Crippen LogP contribution in [-0.4, -0.2) is 55.6 Å². The molecule has 1 aliphatic carbocycles. The van der Waals surface area contributed by atoms with Crippen LogP contribution in [0.15, 0.2) is 47.7 Å². The van der Waals surface area contributed by atoms with Gasteiger partial charge in [-0.05, 0) is 23.4 Å². The Balaban J connectivity index is 1.79. The van der Waals surface area contributed by atoms with Gasteiger partial charge in [0.05, 0.1) is 6.04 Å². The Kier molecular flexibility index (Phi) is 3.35. The van der Waals surface area contributed by atoms with Gasteiger partial charge in [-0.15, -0.1) is 0 Å². The maximum atomic E-state index is 3.41. The molecule has 0 saturated carbocycles. The van der Waals surface area contributed by atoms with Gasteiger partial charge in [0.2, 0.25) is 0 Å². The summed E-state index contributed by atoms with van der Waals surface area (Å²) in [6.45, 7) is 5.63. The standard InChI is InChI=1S/C15H21N3/c1-17-9-6-13(12-18-10-7-16-8-11-18)14-4-2-3-5-15(14)17/h2-6,9,15-16H,7-8,10-12H2,1H3. The van der Waals surface area contributed by atoms with E-state index in [0.29, 0.717) is 6.04 Å². The molecule has 3 aliphatic rings. The van der Waals surface area contributed by atoms with Crippen LogP contribution in [0, 0.1) is 0 Å². The maximum absolute atomic E-state index is 3.41. The lowest BCUT2D eigenvalue weighted by molar-refractivity contribution is 0.259. The van der Waals surface area contributed by atoms with Crippen LogP contribution in [0.1, 0.15) is 0 Å². The van der Waals surface area contributed by atoms with Gasteiger partial charge in [0.15, 0.2) is 0 Å². The number of allylic oxidation sites excluding steroid dienone is 2. The summed E-state index contributed by atoms with van der Waals surface area (Å²) in [5.74, 6) is 0. The zero-order chi connectivity index (χ0) is 12.4. The molecule has 3 rings (SSSR count). The monoisotopic (exact) mass is 243 g/mol. The molecule has 3 nitrogen and oxygen atoms in total. The van der Waals surface area contributed by atoms with Gasteiger partial charge >= 0.3 is 0 Å². The lowest BCUT2D eigenvalue weighted by Crippen LogP contribution is -2.44. The van der Waals surface area contributed by atoms with E-state index < -0.39 is 0 Å². The Morgan fingerprint density at radius 2 is 2.06 bits per heavy atom. The van der Waals surface area contributed by atoms with E-state index in [1.807, 2.05) is 0 Å². The number of hydrogen-bond donors (Lipinski definition) is 1. The van der Waals surface area contributed by atoms with Crippen molar-refractivity contribution >= 4 is 0 Å². The normalized spacial score (nSPS) is 27.8. The first-order chi connectivity index (χ1) is 8.84. The fourth-order valence-corrected chi connectivity index (χ4v) is 2.83. The molecule has 2 heterocycles. The highest BCUT2D eigenvalue weighted by Gasteiger charge is 2.22. The quantitative estimate of drug-likeness (QED) is 0.785. The molecular formula is C15H21N3. The first kappa shape index (κ1) is 11.8. The van der Waals surface area contributed by atoms with Crippen LogP contribution >= 0.6 is 0 Å². The molecule has 0 amide bonds. The summed E-state index contributed by atoms with van der Waals surface area (Å²) in [5.41, 5.74) is 2.93. The molecular weight excluding hydrogens is 222 g/mol. The Bertz CT molecular complexity index is 425. The number of nitrogens with one attached hydrogen (secondary N) is 1. The van der Waals surface area contributed by atoms with E-state index in [9.17, 15) is 0 Å². The summed E-state index contributed by atoms with van der Waals surface area (Å²) in [6, 6.07) is 0.429. The van der Waals surface area contributed by atoms with Gasteiger partial charge in [-0.2, -0.15) is 0 Å². The topological polar surface area (TPSA) is 18.5 Å². The summed E-state index contributed by atoms with van der Waals surface area (Å²) in [7, 11) is 2.15. The van der Waals surface area contributed by atoms with Gasteiger partial charge in [-0.25, -0.2) is 0 Å². The van der Waals surface area contributed by atoms with Gasteiger partial charge in [-0.1, -0.05) is 24.3 Å². The number of rotatable bonds is 2. The molecule has 0 spiro atoms.